The van der Waals surface area contributed by atoms with Gasteiger partial charge in [-0.1, -0.05) is 56.3 Å². The molecule has 0 fully saturated rings. The van der Waals surface area contributed by atoms with Gasteiger partial charge in [-0.15, -0.1) is 0 Å². The third-order valence-corrected chi connectivity index (χ3v) is 6.33. The van der Waals surface area contributed by atoms with Crippen molar-refractivity contribution in [3.63, 3.8) is 0 Å². The van der Waals surface area contributed by atoms with Gasteiger partial charge in [0, 0.05) is 24.5 Å². The number of rotatable bonds is 7. The van der Waals surface area contributed by atoms with Crippen molar-refractivity contribution in [1.82, 2.24) is 0 Å². The molecule has 0 radical (unpaired) electrons. The summed E-state index contributed by atoms with van der Waals surface area (Å²) in [6, 6.07) is 31.7. The van der Waals surface area contributed by atoms with Gasteiger partial charge in [0.05, 0.1) is 0 Å². The molecule has 36 heavy (non-hydrogen) atoms. The van der Waals surface area contributed by atoms with Crippen LogP contribution in [0.15, 0.2) is 97.1 Å². The van der Waals surface area contributed by atoms with Gasteiger partial charge in [0.2, 0.25) is 0 Å². The van der Waals surface area contributed by atoms with Gasteiger partial charge in [-0.05, 0) is 83.6 Å². The highest BCUT2D eigenvalue weighted by molar-refractivity contribution is 5.86. The molecule has 1 N–H and O–H groups in total. The molecule has 0 saturated carbocycles. The number of anilines is 2. The van der Waals surface area contributed by atoms with E-state index in [9.17, 15) is 4.79 Å². The maximum absolute atomic E-state index is 12.4. The average molecular weight is 479 g/mol. The highest BCUT2D eigenvalue weighted by atomic mass is 16.6. The number of hydrogen-bond donors (Lipinski definition) is 1. The smallest absolute Gasteiger partial charge is 0.417 e. The number of benzene rings is 4. The number of ether oxygens (including phenoxy) is 2. The van der Waals surface area contributed by atoms with Crippen molar-refractivity contribution in [1.29, 1.82) is 0 Å². The fourth-order valence-corrected chi connectivity index (χ4v) is 4.43. The lowest BCUT2D eigenvalue weighted by atomic mass is 10.0. The Morgan fingerprint density at radius 3 is 2.42 bits per heavy atom. The number of amides is 1. The summed E-state index contributed by atoms with van der Waals surface area (Å²) in [5.74, 6) is 2.64. The van der Waals surface area contributed by atoms with E-state index < -0.39 is 6.09 Å². The van der Waals surface area contributed by atoms with Gasteiger partial charge < -0.3 is 14.4 Å². The standard InChI is InChI=1S/C31H30N2O3/c1-22(2)24-11-13-26(14-12-24)32-31(34)36-29-15-16-30-25(20-29)17-18-33(30)21-23-7-6-10-28(19-23)35-27-8-4-3-5-9-27/h3-16,19-20,22H,17-18,21H2,1-2H3,(H,32,34). The summed E-state index contributed by atoms with van der Waals surface area (Å²) in [6.45, 7) is 5.98. The molecule has 0 unspecified atom stereocenters. The van der Waals surface area contributed by atoms with E-state index in [4.69, 9.17) is 9.47 Å². The summed E-state index contributed by atoms with van der Waals surface area (Å²) < 4.78 is 11.6. The molecule has 0 spiro atoms. The number of carbonyl (C=O) groups is 1. The molecule has 1 amide bonds. The molecule has 182 valence electrons. The minimum atomic E-state index is -0.489. The number of nitrogens with zero attached hydrogens (tertiary/aromatic N) is 1. The minimum absolute atomic E-state index is 0.448. The Kier molecular flexibility index (Phi) is 6.89. The molecule has 4 aromatic rings. The fraction of sp³-hybridized carbons (Fsp3) is 0.194. The van der Waals surface area contributed by atoms with Gasteiger partial charge in [-0.25, -0.2) is 4.79 Å². The fourth-order valence-electron chi connectivity index (χ4n) is 4.43. The lowest BCUT2D eigenvalue weighted by Crippen LogP contribution is -2.19. The molecule has 4 aromatic carbocycles. The first kappa shape index (κ1) is 23.5. The van der Waals surface area contributed by atoms with Crippen molar-refractivity contribution in [2.75, 3.05) is 16.8 Å². The van der Waals surface area contributed by atoms with Gasteiger partial charge in [0.25, 0.3) is 0 Å². The molecule has 0 aromatic heterocycles. The van der Waals surface area contributed by atoms with Crippen LogP contribution in [0.5, 0.6) is 17.2 Å². The maximum atomic E-state index is 12.4. The maximum Gasteiger partial charge on any atom is 0.417 e. The third kappa shape index (κ3) is 5.69. The van der Waals surface area contributed by atoms with Crippen LogP contribution in [0.4, 0.5) is 16.2 Å². The summed E-state index contributed by atoms with van der Waals surface area (Å²) in [7, 11) is 0. The van der Waals surface area contributed by atoms with Crippen LogP contribution >= 0.6 is 0 Å². The number of carbonyl (C=O) groups excluding carboxylic acids is 1. The van der Waals surface area contributed by atoms with E-state index in [0.29, 0.717) is 11.7 Å². The Labute approximate surface area is 212 Å². The van der Waals surface area contributed by atoms with Gasteiger partial charge in [0.15, 0.2) is 0 Å². The van der Waals surface area contributed by atoms with Crippen molar-refractivity contribution in [3.05, 3.63) is 114 Å². The second-order valence-electron chi connectivity index (χ2n) is 9.32. The molecule has 5 rings (SSSR count). The normalized spacial score (nSPS) is 12.4. The molecule has 1 aliphatic rings. The van der Waals surface area contributed by atoms with Crippen molar-refractivity contribution in [3.8, 4) is 17.2 Å². The lowest BCUT2D eigenvalue weighted by Gasteiger charge is -2.20. The Bertz CT molecular complexity index is 1330. The average Bonchev–Trinajstić information content (AvgIpc) is 3.27. The minimum Gasteiger partial charge on any atom is -0.457 e. The van der Waals surface area contributed by atoms with Crippen LogP contribution in [0.3, 0.4) is 0 Å². The second kappa shape index (κ2) is 10.6. The van der Waals surface area contributed by atoms with E-state index in [0.717, 1.165) is 36.7 Å². The summed E-state index contributed by atoms with van der Waals surface area (Å²) in [6.07, 6.45) is 0.419. The Balaban J connectivity index is 1.20. The topological polar surface area (TPSA) is 50.8 Å². The molecular formula is C31H30N2O3. The molecular weight excluding hydrogens is 448 g/mol. The summed E-state index contributed by atoms with van der Waals surface area (Å²) in [4.78, 5) is 14.8. The summed E-state index contributed by atoms with van der Waals surface area (Å²) in [5.41, 5.74) is 5.47. The quantitative estimate of drug-likeness (QED) is 0.295. The van der Waals surface area contributed by atoms with E-state index in [1.54, 1.807) is 0 Å². The van der Waals surface area contributed by atoms with Crippen LogP contribution in [0, 0.1) is 0 Å². The van der Waals surface area contributed by atoms with Crippen LogP contribution in [0.2, 0.25) is 0 Å². The molecule has 0 atom stereocenters. The van der Waals surface area contributed by atoms with E-state index in [1.165, 1.54) is 22.4 Å². The largest absolute Gasteiger partial charge is 0.457 e. The van der Waals surface area contributed by atoms with Gasteiger partial charge in [-0.2, -0.15) is 0 Å². The lowest BCUT2D eigenvalue weighted by molar-refractivity contribution is 0.215. The SMILES string of the molecule is CC(C)c1ccc(NC(=O)Oc2ccc3c(c2)CCN3Cc2cccc(Oc3ccccc3)c2)cc1. The molecule has 1 aliphatic heterocycles. The van der Waals surface area contributed by atoms with Crippen molar-refractivity contribution < 1.29 is 14.3 Å². The zero-order chi connectivity index (χ0) is 24.9. The van der Waals surface area contributed by atoms with Crippen molar-refractivity contribution >= 4 is 17.5 Å². The predicted octanol–water partition coefficient (Wildman–Crippen LogP) is 7.78. The van der Waals surface area contributed by atoms with E-state index in [1.807, 2.05) is 84.9 Å². The van der Waals surface area contributed by atoms with E-state index in [2.05, 4.69) is 36.2 Å². The first-order chi connectivity index (χ1) is 17.5. The van der Waals surface area contributed by atoms with Gasteiger partial charge >= 0.3 is 6.09 Å². The van der Waals surface area contributed by atoms with Crippen molar-refractivity contribution in [2.24, 2.45) is 0 Å². The first-order valence-corrected chi connectivity index (χ1v) is 12.3. The second-order valence-corrected chi connectivity index (χ2v) is 9.32. The molecule has 5 nitrogen and oxygen atoms in total. The predicted molar refractivity (Wildman–Crippen MR) is 144 cm³/mol. The first-order valence-electron chi connectivity index (χ1n) is 12.3. The molecule has 0 aliphatic carbocycles. The molecule has 1 heterocycles. The number of fused-ring (bicyclic) bond motifs is 1. The highest BCUT2D eigenvalue weighted by Gasteiger charge is 2.20. The molecule has 5 heteroatoms. The summed E-state index contributed by atoms with van der Waals surface area (Å²) >= 11 is 0. The van der Waals surface area contributed by atoms with Gasteiger partial charge in [0.1, 0.15) is 17.2 Å². The van der Waals surface area contributed by atoms with E-state index >= 15 is 0 Å². The number of nitrogens with one attached hydrogen (secondary N) is 1. The monoisotopic (exact) mass is 478 g/mol. The number of para-hydroxylation sites is 1. The van der Waals surface area contributed by atoms with Crippen LogP contribution < -0.4 is 19.7 Å². The van der Waals surface area contributed by atoms with E-state index in [-0.39, 0.29) is 0 Å². The Hall–Kier alpha value is -4.25. The zero-order valence-electron chi connectivity index (χ0n) is 20.6. The van der Waals surface area contributed by atoms with Crippen LogP contribution in [-0.4, -0.2) is 12.6 Å². The van der Waals surface area contributed by atoms with Crippen LogP contribution in [0.25, 0.3) is 0 Å². The highest BCUT2D eigenvalue weighted by Crippen LogP contribution is 2.33. The van der Waals surface area contributed by atoms with Crippen LogP contribution in [0.1, 0.15) is 36.5 Å². The van der Waals surface area contributed by atoms with Crippen LogP contribution in [-0.2, 0) is 13.0 Å². The zero-order valence-corrected chi connectivity index (χ0v) is 20.6. The third-order valence-electron chi connectivity index (χ3n) is 6.33. The molecule has 0 saturated heterocycles. The Morgan fingerprint density at radius 1 is 0.861 bits per heavy atom. The van der Waals surface area contributed by atoms with Crippen molar-refractivity contribution in [2.45, 2.75) is 32.7 Å². The molecule has 0 bridgehead atoms. The number of hydrogen-bond acceptors (Lipinski definition) is 4. The summed E-state index contributed by atoms with van der Waals surface area (Å²) in [5, 5.41) is 2.80. The Morgan fingerprint density at radius 2 is 1.64 bits per heavy atom. The van der Waals surface area contributed by atoms with Gasteiger partial charge in [-0.3, -0.25) is 5.32 Å².